The van der Waals surface area contributed by atoms with Crippen molar-refractivity contribution < 1.29 is 14.4 Å². The maximum atomic E-state index is 12.8. The lowest BCUT2D eigenvalue weighted by Crippen LogP contribution is -2.49. The Hall–Kier alpha value is -8.59. The molecule has 2 aromatic carbocycles. The van der Waals surface area contributed by atoms with Gasteiger partial charge < -0.3 is 25.0 Å². The van der Waals surface area contributed by atoms with E-state index in [4.69, 9.17) is 74.9 Å². The van der Waals surface area contributed by atoms with Gasteiger partial charge in [-0.2, -0.15) is 15.3 Å². The number of nitrogen functional groups attached to an aromatic ring is 1. The molecule has 2 amide bonds. The van der Waals surface area contributed by atoms with E-state index in [2.05, 4.69) is 105 Å². The van der Waals surface area contributed by atoms with Gasteiger partial charge in [0.2, 0.25) is 11.8 Å². The Morgan fingerprint density at radius 1 is 0.659 bits per heavy atom. The molecular weight excluding hydrogens is 1160 g/mol. The third-order valence-electron chi connectivity index (χ3n) is 12.1. The Bertz CT molecular complexity index is 3700. The van der Waals surface area contributed by atoms with Gasteiger partial charge in [-0.1, -0.05) is 46.4 Å². The van der Waals surface area contributed by atoms with Crippen molar-refractivity contribution in [2.45, 2.75) is 20.4 Å². The van der Waals surface area contributed by atoms with Crippen LogP contribution in [0, 0.1) is 13.8 Å². The van der Waals surface area contributed by atoms with E-state index in [1.165, 1.54) is 12.1 Å². The summed E-state index contributed by atoms with van der Waals surface area (Å²) in [5, 5.41) is 28.8. The quantitative estimate of drug-likeness (QED) is 0.0114. The first-order chi connectivity index (χ1) is 39.7. The predicted molar refractivity (Wildman–Crippen MR) is 319 cm³/mol. The maximum absolute atomic E-state index is 12.8. The van der Waals surface area contributed by atoms with Gasteiger partial charge in [-0.25, -0.2) is 30.5 Å². The summed E-state index contributed by atoms with van der Waals surface area (Å²) in [4.78, 5) is 64.0. The summed E-state index contributed by atoms with van der Waals surface area (Å²) in [7, 11) is 0. The van der Waals surface area contributed by atoms with Crippen LogP contribution in [0.25, 0.3) is 54.0 Å². The number of hydrazine groups is 2. The van der Waals surface area contributed by atoms with Crippen LogP contribution in [0.4, 0.5) is 28.8 Å². The second-order valence-corrected chi connectivity index (χ2v) is 19.1. The minimum atomic E-state index is -0.0158. The molecule has 2 saturated heterocycles. The van der Waals surface area contributed by atoms with Crippen LogP contribution in [0.5, 0.6) is 0 Å². The highest BCUT2D eigenvalue weighted by Crippen LogP contribution is 2.26. The third kappa shape index (κ3) is 17.5. The lowest BCUT2D eigenvalue weighted by molar-refractivity contribution is -0.132. The van der Waals surface area contributed by atoms with E-state index < -0.39 is 0 Å². The molecule has 0 saturated carbocycles. The minimum absolute atomic E-state index is 0.0158. The molecule has 426 valence electrons. The van der Waals surface area contributed by atoms with Crippen LogP contribution in [-0.2, 0) is 16.1 Å². The molecule has 2 aliphatic heterocycles. The smallest absolute Gasteiger partial charge is 0.244 e. The topological polar surface area (TPSA) is 379 Å². The number of alkyl halides is 1. The number of nitrogens with two attached hydrogens (primary N) is 3. The molecule has 0 radical (unpaired) electrons. The van der Waals surface area contributed by atoms with Gasteiger partial charge in [-0.15, -0.1) is 11.6 Å². The number of amides is 2. The fourth-order valence-corrected chi connectivity index (χ4v) is 8.68. The fraction of sp³-hybridized carbons (Fsp3) is 0.240. The largest absolute Gasteiger partial charge is 0.368 e. The van der Waals surface area contributed by atoms with Gasteiger partial charge in [0.15, 0.2) is 23.2 Å². The van der Waals surface area contributed by atoms with Gasteiger partial charge in [0.1, 0.15) is 40.2 Å². The Morgan fingerprint density at radius 2 is 1.17 bits per heavy atom. The summed E-state index contributed by atoms with van der Waals surface area (Å²) in [5.74, 6) is 14.5. The molecule has 0 atom stereocenters. The number of aromatic nitrogens is 10. The second kappa shape index (κ2) is 31.4. The summed E-state index contributed by atoms with van der Waals surface area (Å²) in [5.41, 5.74) is 25.8. The van der Waals surface area contributed by atoms with Crippen molar-refractivity contribution in [2.75, 3.05) is 73.5 Å². The molecule has 7 aromatic heterocycles. The number of benzene rings is 2. The predicted octanol–water partition coefficient (Wildman–Crippen LogP) is 9.38. The Morgan fingerprint density at radius 3 is 1.67 bits per heavy atom. The first kappa shape index (κ1) is 62.6. The second-order valence-electron chi connectivity index (χ2n) is 17.3. The maximum Gasteiger partial charge on any atom is 0.244 e. The molecule has 82 heavy (non-hydrogen) atoms. The number of halogens is 5. The van der Waals surface area contributed by atoms with Gasteiger partial charge >= 0.3 is 0 Å². The standard InChI is InChI=1S/C19H19ClN8O.C13H16Cl2N2O.C6H3Cl2NO.C6H4N6.C6H7N5.H4N2/c1-13-10-15(3-4-16(13)20)26-6-8-27(9-7-26)18(29)12-28-19-14(11-22-28)2-5-17(23-19)24-25-21;1-10-8-11(2-3-12(10)15)16-4-6-17(7-5-16)13(18)9-14;7-5-2-1-4(3-10)6(8)9-5;7-12-10-5-2-1-4-3-8-11-6(4)9-5;7-10-5-2-1-4-3-8-11-6(4)9-5;1-2/h2-5,10-11H,6-9,12H2,1H3;2-3,8H,4-7,9H2,1H3;1-3H;1-3H,(H,8,9,11);1-3H,7H2,(H2,8,9,10,11);1-2H2. The number of piperazine rings is 2. The van der Waals surface area contributed by atoms with Crippen molar-refractivity contribution in [1.29, 1.82) is 0 Å². The van der Waals surface area contributed by atoms with Crippen molar-refractivity contribution in [2.24, 2.45) is 27.8 Å². The van der Waals surface area contributed by atoms with E-state index in [9.17, 15) is 14.4 Å². The minimum Gasteiger partial charge on any atom is -0.368 e. The Labute approximate surface area is 492 Å². The van der Waals surface area contributed by atoms with Gasteiger partial charge in [0.05, 0.1) is 24.2 Å². The highest BCUT2D eigenvalue weighted by molar-refractivity contribution is 6.34. The van der Waals surface area contributed by atoms with E-state index in [-0.39, 0.29) is 40.4 Å². The van der Waals surface area contributed by atoms with Crippen molar-refractivity contribution in [1.82, 2.24) is 59.9 Å². The van der Waals surface area contributed by atoms with Crippen LogP contribution in [-0.4, -0.2) is 136 Å². The molecule has 11 rings (SSSR count). The number of azide groups is 2. The van der Waals surface area contributed by atoms with Crippen molar-refractivity contribution >= 4 is 138 Å². The van der Waals surface area contributed by atoms with Crippen molar-refractivity contribution in [3.63, 3.8) is 0 Å². The number of aromatic amines is 2. The number of hydrogen-bond acceptors (Lipinski definition) is 18. The number of aryl methyl sites for hydroxylation is 2. The highest BCUT2D eigenvalue weighted by Gasteiger charge is 2.23. The lowest BCUT2D eigenvalue weighted by atomic mass is 10.2. The molecule has 2 fully saturated rings. The highest BCUT2D eigenvalue weighted by atomic mass is 35.5. The number of rotatable bonds is 9. The summed E-state index contributed by atoms with van der Waals surface area (Å²) >= 11 is 28.7. The molecule has 0 bridgehead atoms. The third-order valence-corrected chi connectivity index (χ3v) is 13.7. The van der Waals surface area contributed by atoms with Crippen molar-refractivity contribution in [3.8, 4) is 0 Å². The van der Waals surface area contributed by atoms with E-state index in [1.54, 1.807) is 53.6 Å². The molecule has 9 aromatic rings. The van der Waals surface area contributed by atoms with E-state index >= 15 is 0 Å². The van der Waals surface area contributed by atoms with Gasteiger partial charge in [-0.3, -0.25) is 36.3 Å². The number of aldehydes is 1. The number of hydrogen-bond donors (Lipinski definition) is 6. The number of fused-ring (bicyclic) bond motifs is 3. The summed E-state index contributed by atoms with van der Waals surface area (Å²) in [6.45, 7) is 10.00. The van der Waals surface area contributed by atoms with Crippen LogP contribution >= 0.6 is 58.0 Å². The Balaban J connectivity index is 0.000000175. The molecule has 32 heteroatoms. The zero-order valence-corrected chi connectivity index (χ0v) is 47.6. The molecule has 2 aliphatic rings. The lowest BCUT2D eigenvalue weighted by Gasteiger charge is -2.36. The van der Waals surface area contributed by atoms with E-state index in [0.29, 0.717) is 47.9 Å². The van der Waals surface area contributed by atoms with E-state index in [0.717, 1.165) is 93.6 Å². The zero-order chi connectivity index (χ0) is 59.1. The SMILES string of the molecule is Cc1cc(N2CCN(C(=O)CCl)CC2)ccc1Cl.Cc1cc(N2CCN(C(=O)Cn3ncc4ccc(N=[N+]=[N-])nc43)CC2)ccc1Cl.NN.NNc1ccc2cn[nH]c2n1.O=Cc1ccc(Cl)nc1Cl.[N-]=[N+]=Nc1ccc2cn[nH]c2n1. The molecule has 9 heterocycles. The van der Waals surface area contributed by atoms with Crippen LogP contribution < -0.4 is 32.8 Å². The summed E-state index contributed by atoms with van der Waals surface area (Å²) in [6.07, 6.45) is 5.65. The average molecular weight is 1220 g/mol. The molecule has 27 nitrogen and oxygen atoms in total. The fourth-order valence-electron chi connectivity index (χ4n) is 7.89. The average Bonchev–Trinajstić information content (AvgIpc) is 4.46. The van der Waals surface area contributed by atoms with Crippen LogP contribution in [0.3, 0.4) is 0 Å². The molecule has 0 aliphatic carbocycles. The Kier molecular flexibility index (Phi) is 24.0. The summed E-state index contributed by atoms with van der Waals surface area (Å²) in [6, 6.07) is 25.5. The van der Waals surface area contributed by atoms with Gasteiger partial charge in [0, 0.05) is 99.8 Å². The number of H-pyrrole nitrogens is 2. The first-order valence-electron chi connectivity index (χ1n) is 24.4. The number of nitrogens with one attached hydrogen (secondary N) is 3. The molecule has 0 spiro atoms. The molecule has 9 N–H and O–H groups in total. The number of nitrogens with zero attached hydrogens (tertiary/aromatic N) is 18. The van der Waals surface area contributed by atoms with Gasteiger partial charge in [0.25, 0.3) is 0 Å². The van der Waals surface area contributed by atoms with Crippen molar-refractivity contribution in [3.05, 3.63) is 161 Å². The zero-order valence-electron chi connectivity index (χ0n) is 43.9. The number of carbonyl (C=O) groups excluding carboxylic acids is 3. The summed E-state index contributed by atoms with van der Waals surface area (Å²) < 4.78 is 1.54. The van der Waals surface area contributed by atoms with E-state index in [1.807, 2.05) is 54.0 Å². The first-order valence-corrected chi connectivity index (χ1v) is 26.5. The normalized spacial score (nSPS) is 12.5. The number of anilines is 3. The molecule has 0 unspecified atom stereocenters. The van der Waals surface area contributed by atoms with Crippen LogP contribution in [0.15, 0.2) is 114 Å². The monoisotopic (exact) mass is 1210 g/mol. The van der Waals surface area contributed by atoms with Crippen LogP contribution in [0.2, 0.25) is 20.4 Å². The number of carbonyl (C=O) groups is 3. The molecular formula is C50H53Cl5N24O3. The van der Waals surface area contributed by atoms with Crippen LogP contribution in [0.1, 0.15) is 21.5 Å². The number of pyridine rings is 4. The van der Waals surface area contributed by atoms with Gasteiger partial charge in [-0.05, 0) is 131 Å².